The summed E-state index contributed by atoms with van der Waals surface area (Å²) in [4.78, 5) is 41.7. The van der Waals surface area contributed by atoms with Gasteiger partial charge in [-0.1, -0.05) is 68.8 Å². The van der Waals surface area contributed by atoms with E-state index in [1.807, 2.05) is 82.3 Å². The van der Waals surface area contributed by atoms with Gasteiger partial charge in [0.15, 0.2) is 0 Å². The van der Waals surface area contributed by atoms with Crippen molar-refractivity contribution in [1.29, 1.82) is 0 Å². The molecule has 3 amide bonds. The van der Waals surface area contributed by atoms with Gasteiger partial charge in [0.05, 0.1) is 0 Å². The van der Waals surface area contributed by atoms with Crippen LogP contribution in [0.3, 0.4) is 0 Å². The lowest BCUT2D eigenvalue weighted by molar-refractivity contribution is -0.137. The molecule has 0 saturated heterocycles. The van der Waals surface area contributed by atoms with Crippen molar-refractivity contribution < 1.29 is 19.1 Å². The van der Waals surface area contributed by atoms with E-state index in [2.05, 4.69) is 16.7 Å². The van der Waals surface area contributed by atoms with E-state index in [1.54, 1.807) is 26.8 Å². The predicted octanol–water partition coefficient (Wildman–Crippen LogP) is 6.50. The number of ether oxygens (including phenoxy) is 1. The highest BCUT2D eigenvalue weighted by atomic mass is 16.6. The van der Waals surface area contributed by atoms with Crippen LogP contribution in [0, 0.1) is 32.2 Å². The number of hydrogen-bond acceptors (Lipinski definition) is 4. The summed E-state index contributed by atoms with van der Waals surface area (Å²) >= 11 is 0. The van der Waals surface area contributed by atoms with E-state index in [4.69, 9.17) is 11.2 Å². The number of carbonyl (C=O) groups is 3. The number of rotatable bonds is 8. The van der Waals surface area contributed by atoms with Crippen molar-refractivity contribution in [1.82, 2.24) is 10.2 Å². The van der Waals surface area contributed by atoms with E-state index >= 15 is 0 Å². The van der Waals surface area contributed by atoms with Gasteiger partial charge < -0.3 is 15.4 Å². The number of benzene rings is 3. The van der Waals surface area contributed by atoms with Crippen molar-refractivity contribution in [3.05, 3.63) is 77.4 Å². The third-order valence-corrected chi connectivity index (χ3v) is 6.54. The minimum Gasteiger partial charge on any atom is -0.444 e. The number of aryl methyl sites for hydroxylation is 1. The van der Waals surface area contributed by atoms with Gasteiger partial charge in [0.25, 0.3) is 11.8 Å². The Labute approximate surface area is 237 Å². The van der Waals surface area contributed by atoms with Crippen molar-refractivity contribution in [2.45, 2.75) is 72.6 Å². The lowest BCUT2D eigenvalue weighted by atomic mass is 9.94. The molecule has 0 radical (unpaired) electrons. The van der Waals surface area contributed by atoms with Gasteiger partial charge in [0.1, 0.15) is 17.7 Å². The van der Waals surface area contributed by atoms with E-state index in [0.717, 1.165) is 26.8 Å². The number of carbonyl (C=O) groups excluding carboxylic acids is 3. The molecule has 2 unspecified atom stereocenters. The highest BCUT2D eigenvalue weighted by molar-refractivity contribution is 6.01. The molecule has 0 aliphatic carbocycles. The Kier molecular flexibility index (Phi) is 9.60. The summed E-state index contributed by atoms with van der Waals surface area (Å²) in [5.74, 6) is -0.980. The van der Waals surface area contributed by atoms with Gasteiger partial charge in [-0.2, -0.15) is 0 Å². The second kappa shape index (κ2) is 12.7. The molecule has 3 rings (SSSR count). The van der Waals surface area contributed by atoms with Gasteiger partial charge >= 0.3 is 6.09 Å². The van der Waals surface area contributed by atoms with Gasteiger partial charge in [-0.3, -0.25) is 14.5 Å². The first-order valence-corrected chi connectivity index (χ1v) is 13.5. The fraction of sp³-hybridized carbons (Fsp3) is 0.364. The third-order valence-electron chi connectivity index (χ3n) is 6.54. The molecular formula is C33H39N3O4. The summed E-state index contributed by atoms with van der Waals surface area (Å²) in [5.41, 5.74) is 2.23. The zero-order valence-electron chi connectivity index (χ0n) is 24.4. The SMILES string of the molecule is C#CN(C(=O)C(CC(C)C)NC(=O)OC(C)(C)C)C(C(=O)Nc1ccc2ccccc2c1)c1cccc(C)c1C. The molecule has 0 saturated carbocycles. The Hall–Kier alpha value is -4.31. The monoisotopic (exact) mass is 541 g/mol. The topological polar surface area (TPSA) is 87.7 Å². The van der Waals surface area contributed by atoms with Gasteiger partial charge in [-0.25, -0.2) is 4.79 Å². The van der Waals surface area contributed by atoms with Crippen molar-refractivity contribution in [2.75, 3.05) is 5.32 Å². The van der Waals surface area contributed by atoms with Crippen LogP contribution in [-0.2, 0) is 14.3 Å². The molecule has 0 spiro atoms. The van der Waals surface area contributed by atoms with E-state index in [-0.39, 0.29) is 5.92 Å². The molecule has 40 heavy (non-hydrogen) atoms. The van der Waals surface area contributed by atoms with E-state index < -0.39 is 35.6 Å². The molecule has 3 aromatic rings. The molecule has 0 aliphatic rings. The fourth-order valence-electron chi connectivity index (χ4n) is 4.52. The van der Waals surface area contributed by atoms with Crippen LogP contribution in [0.5, 0.6) is 0 Å². The number of anilines is 1. The molecule has 7 heteroatoms. The normalized spacial score (nSPS) is 12.8. The third kappa shape index (κ3) is 7.63. The molecule has 0 aromatic heterocycles. The number of amides is 3. The van der Waals surface area contributed by atoms with Crippen LogP contribution in [0.2, 0.25) is 0 Å². The summed E-state index contributed by atoms with van der Waals surface area (Å²) in [6, 6.07) is 19.3. The maximum absolute atomic E-state index is 14.0. The van der Waals surface area contributed by atoms with Crippen molar-refractivity contribution in [2.24, 2.45) is 5.92 Å². The van der Waals surface area contributed by atoms with Gasteiger partial charge in [0, 0.05) is 11.7 Å². The Morgan fingerprint density at radius 2 is 1.65 bits per heavy atom. The van der Waals surface area contributed by atoms with Crippen LogP contribution < -0.4 is 10.6 Å². The summed E-state index contributed by atoms with van der Waals surface area (Å²) in [6.07, 6.45) is 5.52. The van der Waals surface area contributed by atoms with Crippen molar-refractivity contribution >= 4 is 34.4 Å². The van der Waals surface area contributed by atoms with Crippen LogP contribution in [0.4, 0.5) is 10.5 Å². The van der Waals surface area contributed by atoms with Crippen LogP contribution in [-0.4, -0.2) is 34.5 Å². The van der Waals surface area contributed by atoms with Gasteiger partial charge in [-0.05, 0) is 86.6 Å². The lowest BCUT2D eigenvalue weighted by Crippen LogP contribution is -2.51. The number of terminal acetylenes is 1. The minimum absolute atomic E-state index is 0.0501. The molecule has 7 nitrogen and oxygen atoms in total. The fourth-order valence-corrected chi connectivity index (χ4v) is 4.52. The summed E-state index contributed by atoms with van der Waals surface area (Å²) in [5, 5.41) is 7.64. The number of hydrogen-bond donors (Lipinski definition) is 2. The quantitative estimate of drug-likeness (QED) is 0.252. The standard InChI is InChI=1S/C33H39N3O4/c1-9-36(31(38)28(19-21(2)3)35-32(39)40-33(6,7)8)29(27-16-12-13-22(4)23(27)5)30(37)34-26-18-17-24-14-10-11-15-25(24)20-26/h1,10-18,20-21,28-29H,19H2,2-8H3,(H,34,37)(H,35,39). The summed E-state index contributed by atoms with van der Waals surface area (Å²) < 4.78 is 5.40. The molecule has 2 N–H and O–H groups in total. The van der Waals surface area contributed by atoms with Gasteiger partial charge in [-0.15, -0.1) is 0 Å². The largest absolute Gasteiger partial charge is 0.444 e. The smallest absolute Gasteiger partial charge is 0.408 e. The molecule has 210 valence electrons. The van der Waals surface area contributed by atoms with Crippen molar-refractivity contribution in [3.63, 3.8) is 0 Å². The summed E-state index contributed by atoms with van der Waals surface area (Å²) in [6.45, 7) is 12.9. The Bertz CT molecular complexity index is 1430. The van der Waals surface area contributed by atoms with E-state index in [1.165, 1.54) is 0 Å². The number of nitrogens with zero attached hydrogens (tertiary/aromatic N) is 1. The second-order valence-electron chi connectivity index (χ2n) is 11.4. The van der Waals surface area contributed by atoms with Crippen LogP contribution in [0.1, 0.15) is 63.8 Å². The van der Waals surface area contributed by atoms with Gasteiger partial charge in [0.2, 0.25) is 0 Å². The molecular weight excluding hydrogens is 502 g/mol. The van der Waals surface area contributed by atoms with Crippen molar-refractivity contribution in [3.8, 4) is 12.5 Å². The molecule has 0 heterocycles. The number of fused-ring (bicyclic) bond motifs is 1. The first-order chi connectivity index (χ1) is 18.8. The van der Waals surface area contributed by atoms with E-state index in [9.17, 15) is 14.4 Å². The Morgan fingerprint density at radius 3 is 2.27 bits per heavy atom. The molecule has 0 fully saturated rings. The average Bonchev–Trinajstić information content (AvgIpc) is 2.87. The van der Waals surface area contributed by atoms with Crippen LogP contribution in [0.25, 0.3) is 10.8 Å². The first kappa shape index (κ1) is 30.2. The maximum Gasteiger partial charge on any atom is 0.408 e. The average molecular weight is 542 g/mol. The van der Waals surface area contributed by atoms with Crippen LogP contribution >= 0.6 is 0 Å². The number of nitrogens with one attached hydrogen (secondary N) is 2. The van der Waals surface area contributed by atoms with E-state index in [0.29, 0.717) is 17.7 Å². The zero-order valence-corrected chi connectivity index (χ0v) is 24.4. The zero-order chi connectivity index (χ0) is 29.6. The molecule has 3 aromatic carbocycles. The number of alkyl carbamates (subject to hydrolysis) is 1. The second-order valence-corrected chi connectivity index (χ2v) is 11.4. The molecule has 0 aliphatic heterocycles. The maximum atomic E-state index is 14.0. The highest BCUT2D eigenvalue weighted by Gasteiger charge is 2.37. The Morgan fingerprint density at radius 1 is 0.975 bits per heavy atom. The van der Waals surface area contributed by atoms with Crippen LogP contribution in [0.15, 0.2) is 60.7 Å². The molecule has 0 bridgehead atoms. The summed E-state index contributed by atoms with van der Waals surface area (Å²) in [7, 11) is 0. The first-order valence-electron chi connectivity index (χ1n) is 13.5. The minimum atomic E-state index is -1.14. The Balaban J connectivity index is 2.02. The highest BCUT2D eigenvalue weighted by Crippen LogP contribution is 2.29. The lowest BCUT2D eigenvalue weighted by Gasteiger charge is -2.32. The predicted molar refractivity (Wildman–Crippen MR) is 160 cm³/mol. The molecule has 2 atom stereocenters.